The van der Waals surface area contributed by atoms with Crippen LogP contribution in [0, 0.1) is 0 Å². The van der Waals surface area contributed by atoms with Crippen LogP contribution in [0.2, 0.25) is 6.04 Å². The van der Waals surface area contributed by atoms with E-state index in [4.69, 9.17) is 13.3 Å². The molecule has 0 saturated carbocycles. The minimum absolute atomic E-state index is 0.684. The lowest BCUT2D eigenvalue weighted by atomic mass is 10.3. The van der Waals surface area contributed by atoms with E-state index < -0.39 is 8.80 Å². The van der Waals surface area contributed by atoms with Gasteiger partial charge in [-0.25, -0.2) is 0 Å². The molecule has 0 radical (unpaired) electrons. The summed E-state index contributed by atoms with van der Waals surface area (Å²) < 4.78 is 17.7. The Morgan fingerprint density at radius 1 is 1.06 bits per heavy atom. The Morgan fingerprint density at radius 2 is 1.76 bits per heavy atom. The first-order valence-corrected chi connectivity index (χ1v) is 8.83. The summed E-state index contributed by atoms with van der Waals surface area (Å²) >= 11 is 0. The van der Waals surface area contributed by atoms with Crippen molar-refractivity contribution in [2.24, 2.45) is 0 Å². The van der Waals surface area contributed by atoms with E-state index in [-0.39, 0.29) is 0 Å². The van der Waals surface area contributed by atoms with E-state index in [9.17, 15) is 0 Å². The van der Waals surface area contributed by atoms with Crippen molar-refractivity contribution in [3.63, 3.8) is 0 Å². The van der Waals surface area contributed by atoms with Crippen molar-refractivity contribution in [1.82, 2.24) is 4.90 Å². The Hall–Kier alpha value is 0.0569. The molecule has 17 heavy (non-hydrogen) atoms. The minimum Gasteiger partial charge on any atom is -0.374 e. The summed E-state index contributed by atoms with van der Waals surface area (Å²) in [4.78, 5) is 2.43. The SMILES string of the molecule is CCO[Si]1(OCC)CCCCN(CC)CCO1. The molecule has 4 nitrogen and oxygen atoms in total. The van der Waals surface area contributed by atoms with Gasteiger partial charge in [0.1, 0.15) is 0 Å². The second kappa shape index (κ2) is 8.21. The number of rotatable bonds is 5. The van der Waals surface area contributed by atoms with Gasteiger partial charge in [-0.2, -0.15) is 0 Å². The van der Waals surface area contributed by atoms with Crippen molar-refractivity contribution in [1.29, 1.82) is 0 Å². The van der Waals surface area contributed by atoms with Crippen LogP contribution < -0.4 is 0 Å². The zero-order chi connectivity index (χ0) is 12.6. The largest absolute Gasteiger partial charge is 0.500 e. The highest BCUT2D eigenvalue weighted by Gasteiger charge is 2.40. The lowest BCUT2D eigenvalue weighted by Crippen LogP contribution is -2.46. The molecule has 1 heterocycles. The fourth-order valence-corrected chi connectivity index (χ4v) is 4.86. The molecule has 0 unspecified atom stereocenters. The monoisotopic (exact) mass is 261 g/mol. The first-order chi connectivity index (χ1) is 8.26. The van der Waals surface area contributed by atoms with Gasteiger partial charge in [-0.15, -0.1) is 0 Å². The third-order valence-electron chi connectivity index (χ3n) is 3.11. The highest BCUT2D eigenvalue weighted by atomic mass is 28.4. The maximum absolute atomic E-state index is 6.02. The van der Waals surface area contributed by atoms with E-state index in [2.05, 4.69) is 11.8 Å². The Kier molecular flexibility index (Phi) is 7.30. The highest BCUT2D eigenvalue weighted by Crippen LogP contribution is 2.20. The van der Waals surface area contributed by atoms with Crippen LogP contribution in [-0.4, -0.2) is 53.2 Å². The fraction of sp³-hybridized carbons (Fsp3) is 1.00. The predicted molar refractivity (Wildman–Crippen MR) is 71.1 cm³/mol. The molecule has 0 bridgehead atoms. The molecule has 0 spiro atoms. The van der Waals surface area contributed by atoms with E-state index in [0.29, 0.717) is 13.2 Å². The molecule has 0 atom stereocenters. The molecule has 1 saturated heterocycles. The van der Waals surface area contributed by atoms with E-state index in [1.54, 1.807) is 0 Å². The van der Waals surface area contributed by atoms with Gasteiger partial charge < -0.3 is 18.2 Å². The molecule has 0 aliphatic carbocycles. The van der Waals surface area contributed by atoms with Gasteiger partial charge >= 0.3 is 8.80 Å². The standard InChI is InChI=1S/C12H27NO3Si/c1-4-13-9-7-8-12-17(14-5-2,15-6-3)16-11-10-13/h4-12H2,1-3H3. The lowest BCUT2D eigenvalue weighted by Gasteiger charge is -2.28. The van der Waals surface area contributed by atoms with Gasteiger partial charge in [0, 0.05) is 25.8 Å². The first-order valence-electron chi connectivity index (χ1n) is 6.90. The van der Waals surface area contributed by atoms with E-state index in [1.165, 1.54) is 13.0 Å². The molecule has 1 fully saturated rings. The van der Waals surface area contributed by atoms with Crippen molar-refractivity contribution in [2.45, 2.75) is 39.7 Å². The van der Waals surface area contributed by atoms with Crippen molar-refractivity contribution in [3.8, 4) is 0 Å². The molecule has 5 heteroatoms. The van der Waals surface area contributed by atoms with E-state index in [0.717, 1.165) is 32.2 Å². The van der Waals surface area contributed by atoms with Crippen LogP contribution in [0.5, 0.6) is 0 Å². The average Bonchev–Trinajstić information content (AvgIpc) is 2.41. The lowest BCUT2D eigenvalue weighted by molar-refractivity contribution is 0.0621. The van der Waals surface area contributed by atoms with Gasteiger partial charge in [0.15, 0.2) is 0 Å². The quantitative estimate of drug-likeness (QED) is 0.710. The molecule has 1 aliphatic heterocycles. The minimum atomic E-state index is -2.37. The zero-order valence-electron chi connectivity index (χ0n) is 11.5. The highest BCUT2D eigenvalue weighted by molar-refractivity contribution is 6.60. The second-order valence-corrected chi connectivity index (χ2v) is 7.02. The van der Waals surface area contributed by atoms with Crippen LogP contribution in [0.3, 0.4) is 0 Å². The normalized spacial score (nSPS) is 22.8. The molecule has 0 amide bonds. The first kappa shape index (κ1) is 15.1. The third-order valence-corrected chi connectivity index (χ3v) is 6.18. The smallest absolute Gasteiger partial charge is 0.374 e. The van der Waals surface area contributed by atoms with Gasteiger partial charge in [0.2, 0.25) is 0 Å². The molecule has 0 aromatic carbocycles. The molecule has 1 rings (SSSR count). The Balaban J connectivity index is 2.57. The topological polar surface area (TPSA) is 30.9 Å². The van der Waals surface area contributed by atoms with Crippen LogP contribution in [0.15, 0.2) is 0 Å². The summed E-state index contributed by atoms with van der Waals surface area (Å²) in [5.74, 6) is 0. The van der Waals surface area contributed by atoms with Crippen LogP contribution in [0.1, 0.15) is 33.6 Å². The summed E-state index contributed by atoms with van der Waals surface area (Å²) in [7, 11) is -2.37. The van der Waals surface area contributed by atoms with Crippen LogP contribution in [-0.2, 0) is 13.3 Å². The van der Waals surface area contributed by atoms with Crippen LogP contribution >= 0.6 is 0 Å². The second-order valence-electron chi connectivity index (χ2n) is 4.29. The number of hydrogen-bond acceptors (Lipinski definition) is 4. The van der Waals surface area contributed by atoms with Crippen molar-refractivity contribution >= 4 is 8.80 Å². The van der Waals surface area contributed by atoms with Gasteiger partial charge in [-0.3, -0.25) is 0 Å². The summed E-state index contributed by atoms with van der Waals surface area (Å²) in [6.45, 7) is 11.6. The fourth-order valence-electron chi connectivity index (χ4n) is 2.22. The van der Waals surface area contributed by atoms with Crippen LogP contribution in [0.4, 0.5) is 0 Å². The van der Waals surface area contributed by atoms with Crippen molar-refractivity contribution in [2.75, 3.05) is 39.5 Å². The number of hydrogen-bond donors (Lipinski definition) is 0. The molecule has 0 aromatic heterocycles. The van der Waals surface area contributed by atoms with Crippen LogP contribution in [0.25, 0.3) is 0 Å². The molecule has 0 aromatic rings. The maximum Gasteiger partial charge on any atom is 0.500 e. The Labute approximate surface area is 107 Å². The molecule has 0 N–H and O–H groups in total. The predicted octanol–water partition coefficient (Wildman–Crippen LogP) is 2.13. The van der Waals surface area contributed by atoms with E-state index in [1.807, 2.05) is 13.8 Å². The summed E-state index contributed by atoms with van der Waals surface area (Å²) in [5.41, 5.74) is 0. The Morgan fingerprint density at radius 3 is 2.35 bits per heavy atom. The third kappa shape index (κ3) is 5.05. The number of nitrogens with zero attached hydrogens (tertiary/aromatic N) is 1. The van der Waals surface area contributed by atoms with E-state index >= 15 is 0 Å². The summed E-state index contributed by atoms with van der Waals surface area (Å²) in [6.07, 6.45) is 2.36. The van der Waals surface area contributed by atoms with Gasteiger partial charge in [-0.1, -0.05) is 6.92 Å². The average molecular weight is 261 g/mol. The summed E-state index contributed by atoms with van der Waals surface area (Å²) in [5, 5.41) is 0. The van der Waals surface area contributed by atoms with Crippen molar-refractivity contribution < 1.29 is 13.3 Å². The zero-order valence-corrected chi connectivity index (χ0v) is 12.5. The summed E-state index contributed by atoms with van der Waals surface area (Å²) in [6, 6.07) is 0.965. The van der Waals surface area contributed by atoms with Gasteiger partial charge in [0.25, 0.3) is 0 Å². The molecular formula is C12H27NO3Si. The van der Waals surface area contributed by atoms with Gasteiger partial charge in [0.05, 0.1) is 6.61 Å². The van der Waals surface area contributed by atoms with Gasteiger partial charge in [-0.05, 0) is 39.8 Å². The molecule has 102 valence electrons. The maximum atomic E-state index is 6.02. The molecule has 1 aliphatic rings. The van der Waals surface area contributed by atoms with Crippen molar-refractivity contribution in [3.05, 3.63) is 0 Å². The Bertz CT molecular complexity index is 198. The number of likely N-dealkylation sites (N-methyl/N-ethyl adjacent to an activating group) is 1. The molecular weight excluding hydrogens is 234 g/mol.